The highest BCUT2D eigenvalue weighted by Crippen LogP contribution is 2.35. The van der Waals surface area contributed by atoms with Crippen LogP contribution in [0.4, 0.5) is 17.3 Å². The van der Waals surface area contributed by atoms with E-state index >= 15 is 0 Å². The molecular weight excluding hydrogens is 438 g/mol. The van der Waals surface area contributed by atoms with Crippen LogP contribution in [0.25, 0.3) is 10.9 Å². The molecule has 2 aliphatic heterocycles. The predicted molar refractivity (Wildman–Crippen MR) is 133 cm³/mol. The van der Waals surface area contributed by atoms with Gasteiger partial charge in [-0.2, -0.15) is 5.10 Å². The second-order valence-corrected chi connectivity index (χ2v) is 11.0. The zero-order valence-electron chi connectivity index (χ0n) is 19.8. The molecule has 0 bridgehead atoms. The summed E-state index contributed by atoms with van der Waals surface area (Å²) in [6.07, 6.45) is 5.58. The Morgan fingerprint density at radius 3 is 2.55 bits per heavy atom. The van der Waals surface area contributed by atoms with Gasteiger partial charge in [-0.05, 0) is 24.5 Å². The van der Waals surface area contributed by atoms with E-state index in [1.165, 1.54) is 0 Å². The molecule has 0 spiro atoms. The SMILES string of the molecule is CC(C)(C)Cn1cc(Nc2ncc3c(Cl)c(N4CCN(C5(C)COC5)CC4)ccc3n2)cn1. The van der Waals surface area contributed by atoms with Crippen LogP contribution in [-0.2, 0) is 11.3 Å². The van der Waals surface area contributed by atoms with Crippen molar-refractivity contribution in [3.63, 3.8) is 0 Å². The fourth-order valence-electron chi connectivity index (χ4n) is 4.56. The van der Waals surface area contributed by atoms with Gasteiger partial charge in [0.2, 0.25) is 5.95 Å². The highest BCUT2D eigenvalue weighted by Gasteiger charge is 2.40. The predicted octanol–water partition coefficient (Wildman–Crippen LogP) is 4.18. The standard InChI is InChI=1S/C24H32ClN7O/c1-23(2,3)14-32-13-17(11-27-32)28-22-26-12-18-19(29-22)5-6-20(21(18)25)30-7-9-31(10-8-30)24(4)15-33-16-24/h5-6,11-13H,7-10,14-16H2,1-4H3,(H,26,28,29). The highest BCUT2D eigenvalue weighted by atomic mass is 35.5. The van der Waals surface area contributed by atoms with Gasteiger partial charge >= 0.3 is 0 Å². The van der Waals surface area contributed by atoms with E-state index in [1.54, 1.807) is 12.4 Å². The summed E-state index contributed by atoms with van der Waals surface area (Å²) >= 11 is 6.83. The summed E-state index contributed by atoms with van der Waals surface area (Å²) in [6.45, 7) is 15.3. The Morgan fingerprint density at radius 1 is 1.12 bits per heavy atom. The number of rotatable bonds is 5. The third kappa shape index (κ3) is 4.65. The number of piperazine rings is 1. The quantitative estimate of drug-likeness (QED) is 0.601. The average Bonchev–Trinajstić information content (AvgIpc) is 3.17. The Morgan fingerprint density at radius 2 is 1.88 bits per heavy atom. The minimum atomic E-state index is 0.160. The zero-order valence-corrected chi connectivity index (χ0v) is 20.6. The number of nitrogens with zero attached hydrogens (tertiary/aromatic N) is 6. The third-order valence-corrected chi connectivity index (χ3v) is 6.81. The summed E-state index contributed by atoms with van der Waals surface area (Å²) in [4.78, 5) is 14.1. The van der Waals surface area contributed by atoms with Gasteiger partial charge in [-0.3, -0.25) is 9.58 Å². The fourth-order valence-corrected chi connectivity index (χ4v) is 4.89. The fraction of sp³-hybridized carbons (Fsp3) is 0.542. The minimum absolute atomic E-state index is 0.160. The van der Waals surface area contributed by atoms with E-state index in [9.17, 15) is 0 Å². The lowest BCUT2D eigenvalue weighted by molar-refractivity contribution is -0.131. The van der Waals surface area contributed by atoms with Gasteiger partial charge in [-0.25, -0.2) is 9.97 Å². The van der Waals surface area contributed by atoms with Crippen molar-refractivity contribution in [1.29, 1.82) is 0 Å². The van der Waals surface area contributed by atoms with E-state index in [1.807, 2.05) is 16.9 Å². The maximum absolute atomic E-state index is 6.83. The number of halogens is 1. The van der Waals surface area contributed by atoms with Crippen LogP contribution >= 0.6 is 11.6 Å². The molecule has 1 N–H and O–H groups in total. The van der Waals surface area contributed by atoms with E-state index in [0.717, 1.165) is 68.2 Å². The molecule has 0 radical (unpaired) electrons. The molecule has 176 valence electrons. The second kappa shape index (κ2) is 8.42. The molecule has 1 aromatic carbocycles. The number of fused-ring (bicyclic) bond motifs is 1. The van der Waals surface area contributed by atoms with E-state index < -0.39 is 0 Å². The first kappa shape index (κ1) is 22.4. The van der Waals surface area contributed by atoms with Gasteiger partial charge in [-0.1, -0.05) is 32.4 Å². The van der Waals surface area contributed by atoms with Gasteiger partial charge in [0.15, 0.2) is 0 Å². The summed E-state index contributed by atoms with van der Waals surface area (Å²) in [5.41, 5.74) is 3.09. The highest BCUT2D eigenvalue weighted by molar-refractivity contribution is 6.38. The minimum Gasteiger partial charge on any atom is -0.377 e. The summed E-state index contributed by atoms with van der Waals surface area (Å²) in [6, 6.07) is 4.10. The van der Waals surface area contributed by atoms with Crippen LogP contribution in [0.3, 0.4) is 0 Å². The normalized spacial score (nSPS) is 19.0. The van der Waals surface area contributed by atoms with Crippen LogP contribution in [0.5, 0.6) is 0 Å². The van der Waals surface area contributed by atoms with Crippen molar-refractivity contribution in [2.75, 3.05) is 49.6 Å². The Hall–Kier alpha value is -2.42. The van der Waals surface area contributed by atoms with E-state index in [4.69, 9.17) is 16.3 Å². The number of benzene rings is 1. The molecule has 0 unspecified atom stereocenters. The van der Waals surface area contributed by atoms with Crippen LogP contribution < -0.4 is 10.2 Å². The van der Waals surface area contributed by atoms with Crippen molar-refractivity contribution in [3.05, 3.63) is 35.7 Å². The largest absolute Gasteiger partial charge is 0.377 e. The molecule has 3 aromatic rings. The van der Waals surface area contributed by atoms with Crippen LogP contribution in [-0.4, -0.2) is 69.6 Å². The van der Waals surface area contributed by atoms with Crippen LogP contribution in [0.15, 0.2) is 30.7 Å². The van der Waals surface area contributed by atoms with Crippen molar-refractivity contribution in [1.82, 2.24) is 24.6 Å². The molecule has 33 heavy (non-hydrogen) atoms. The molecule has 0 saturated carbocycles. The lowest BCUT2D eigenvalue weighted by Gasteiger charge is -2.50. The van der Waals surface area contributed by atoms with Crippen LogP contribution in [0.1, 0.15) is 27.7 Å². The second-order valence-electron chi connectivity index (χ2n) is 10.6. The van der Waals surface area contributed by atoms with Gasteiger partial charge < -0.3 is 15.0 Å². The zero-order chi connectivity index (χ0) is 23.2. The molecule has 2 saturated heterocycles. The Bertz CT molecular complexity index is 1140. The lowest BCUT2D eigenvalue weighted by Crippen LogP contribution is -2.64. The number of nitrogens with one attached hydrogen (secondary N) is 1. The number of anilines is 3. The lowest BCUT2D eigenvalue weighted by atomic mass is 9.97. The first-order valence-electron chi connectivity index (χ1n) is 11.5. The molecule has 5 rings (SSSR count). The van der Waals surface area contributed by atoms with Gasteiger partial charge in [-0.15, -0.1) is 0 Å². The number of ether oxygens (including phenoxy) is 1. The summed E-state index contributed by atoms with van der Waals surface area (Å²) in [7, 11) is 0. The van der Waals surface area contributed by atoms with Gasteiger partial charge in [0, 0.05) is 50.5 Å². The molecular formula is C24H32ClN7O. The third-order valence-electron chi connectivity index (χ3n) is 6.41. The first-order valence-corrected chi connectivity index (χ1v) is 11.9. The van der Waals surface area contributed by atoms with Crippen LogP contribution in [0, 0.1) is 5.41 Å². The Kier molecular flexibility index (Phi) is 5.71. The van der Waals surface area contributed by atoms with E-state index in [0.29, 0.717) is 11.0 Å². The number of aromatic nitrogens is 4. The maximum Gasteiger partial charge on any atom is 0.227 e. The molecule has 2 fully saturated rings. The molecule has 8 nitrogen and oxygen atoms in total. The Labute approximate surface area is 199 Å². The molecule has 0 amide bonds. The summed E-state index contributed by atoms with van der Waals surface area (Å²) < 4.78 is 7.37. The van der Waals surface area contributed by atoms with Crippen molar-refractivity contribution in [2.24, 2.45) is 5.41 Å². The first-order chi connectivity index (χ1) is 15.7. The average molecular weight is 470 g/mol. The number of hydrogen-bond acceptors (Lipinski definition) is 7. The molecule has 0 aliphatic carbocycles. The maximum atomic E-state index is 6.83. The molecule has 4 heterocycles. The van der Waals surface area contributed by atoms with Gasteiger partial charge in [0.05, 0.1) is 46.9 Å². The molecule has 9 heteroatoms. The summed E-state index contributed by atoms with van der Waals surface area (Å²) in [5.74, 6) is 0.534. The van der Waals surface area contributed by atoms with Crippen LogP contribution in [0.2, 0.25) is 5.02 Å². The molecule has 2 aliphatic rings. The Balaban J connectivity index is 1.29. The monoisotopic (exact) mass is 469 g/mol. The van der Waals surface area contributed by atoms with E-state index in [2.05, 4.69) is 63.9 Å². The van der Waals surface area contributed by atoms with E-state index in [-0.39, 0.29) is 11.0 Å². The molecule has 0 atom stereocenters. The molecule has 2 aromatic heterocycles. The smallest absolute Gasteiger partial charge is 0.227 e. The number of hydrogen-bond donors (Lipinski definition) is 1. The topological polar surface area (TPSA) is 71.3 Å². The van der Waals surface area contributed by atoms with Crippen molar-refractivity contribution in [3.8, 4) is 0 Å². The van der Waals surface area contributed by atoms with Crippen molar-refractivity contribution < 1.29 is 4.74 Å². The van der Waals surface area contributed by atoms with Gasteiger partial charge in [0.25, 0.3) is 0 Å². The van der Waals surface area contributed by atoms with Gasteiger partial charge in [0.1, 0.15) is 0 Å². The van der Waals surface area contributed by atoms with Crippen molar-refractivity contribution in [2.45, 2.75) is 39.8 Å². The van der Waals surface area contributed by atoms with Crippen molar-refractivity contribution >= 4 is 39.8 Å². The summed E-state index contributed by atoms with van der Waals surface area (Å²) in [5, 5.41) is 9.26.